The van der Waals surface area contributed by atoms with E-state index >= 15 is 0 Å². The van der Waals surface area contributed by atoms with Gasteiger partial charge in [-0.15, -0.1) is 11.3 Å². The molecule has 0 unspecified atom stereocenters. The predicted octanol–water partition coefficient (Wildman–Crippen LogP) is 4.08. The number of nitrogen functional groups attached to an aromatic ring is 1. The second-order valence-electron chi connectivity index (χ2n) is 4.17. The Balaban J connectivity index is 2.08. The molecule has 1 aromatic carbocycles. The Hall–Kier alpha value is -2.35. The number of fused-ring (bicyclic) bond motifs is 1. The minimum Gasteiger partial charge on any atom is -0.437 e. The topological polar surface area (TPSA) is 61.0 Å². The average Bonchev–Trinajstić information content (AvgIpc) is 2.89. The molecule has 0 radical (unpaired) electrons. The SMILES string of the molecule is Nc1ccc(Oc2ncnc3ccsc23)c(C(F)(F)F)c1. The molecule has 0 amide bonds. The van der Waals surface area contributed by atoms with Gasteiger partial charge in [0.1, 0.15) is 22.3 Å². The normalized spacial score (nSPS) is 11.8. The van der Waals surface area contributed by atoms with Crippen LogP contribution in [0.2, 0.25) is 0 Å². The summed E-state index contributed by atoms with van der Waals surface area (Å²) in [7, 11) is 0. The molecule has 2 N–H and O–H groups in total. The molecule has 21 heavy (non-hydrogen) atoms. The van der Waals surface area contributed by atoms with E-state index in [1.807, 2.05) is 0 Å². The van der Waals surface area contributed by atoms with Gasteiger partial charge in [0.15, 0.2) is 0 Å². The van der Waals surface area contributed by atoms with Gasteiger partial charge in [-0.1, -0.05) is 0 Å². The van der Waals surface area contributed by atoms with E-state index < -0.39 is 11.7 Å². The fraction of sp³-hybridized carbons (Fsp3) is 0.0769. The Morgan fingerprint density at radius 1 is 1.14 bits per heavy atom. The molecule has 0 fully saturated rings. The molecule has 8 heteroatoms. The zero-order chi connectivity index (χ0) is 15.0. The highest BCUT2D eigenvalue weighted by molar-refractivity contribution is 7.17. The van der Waals surface area contributed by atoms with Crippen LogP contribution in [0.5, 0.6) is 11.6 Å². The van der Waals surface area contributed by atoms with Crippen molar-refractivity contribution in [2.75, 3.05) is 5.73 Å². The molecule has 0 aliphatic carbocycles. The summed E-state index contributed by atoms with van der Waals surface area (Å²) in [5, 5.41) is 1.76. The van der Waals surface area contributed by atoms with Gasteiger partial charge in [-0.05, 0) is 29.6 Å². The predicted molar refractivity (Wildman–Crippen MR) is 73.3 cm³/mol. The lowest BCUT2D eigenvalue weighted by atomic mass is 10.1. The zero-order valence-corrected chi connectivity index (χ0v) is 11.2. The van der Waals surface area contributed by atoms with Crippen molar-refractivity contribution in [3.63, 3.8) is 0 Å². The Morgan fingerprint density at radius 2 is 1.95 bits per heavy atom. The molecule has 0 aliphatic heterocycles. The van der Waals surface area contributed by atoms with Crippen molar-refractivity contribution in [2.24, 2.45) is 0 Å². The van der Waals surface area contributed by atoms with Crippen molar-refractivity contribution in [2.45, 2.75) is 6.18 Å². The van der Waals surface area contributed by atoms with E-state index in [1.165, 1.54) is 29.8 Å². The third kappa shape index (κ3) is 2.62. The lowest BCUT2D eigenvalue weighted by Crippen LogP contribution is -2.08. The lowest BCUT2D eigenvalue weighted by molar-refractivity contribution is -0.138. The minimum absolute atomic E-state index is 0.0126. The number of nitrogens with two attached hydrogens (primary N) is 1. The standard InChI is InChI=1S/C13H8F3N3OS/c14-13(15,16)8-5-7(17)1-2-10(8)20-12-11-9(3-4-21-11)18-6-19-12/h1-6H,17H2. The Bertz CT molecular complexity index is 801. The molecule has 0 aliphatic rings. The second kappa shape index (κ2) is 4.88. The summed E-state index contributed by atoms with van der Waals surface area (Å²) in [4.78, 5) is 7.90. The van der Waals surface area contributed by atoms with E-state index in [2.05, 4.69) is 9.97 Å². The van der Waals surface area contributed by atoms with Gasteiger partial charge < -0.3 is 10.5 Å². The number of hydrogen-bond donors (Lipinski definition) is 1. The summed E-state index contributed by atoms with van der Waals surface area (Å²) in [5.74, 6) is -0.254. The number of benzene rings is 1. The molecule has 0 bridgehead atoms. The van der Waals surface area contributed by atoms with Crippen LogP contribution in [0.15, 0.2) is 36.0 Å². The third-order valence-electron chi connectivity index (χ3n) is 2.73. The van der Waals surface area contributed by atoms with Gasteiger partial charge in [-0.3, -0.25) is 0 Å². The van der Waals surface area contributed by atoms with Crippen LogP contribution in [0.3, 0.4) is 0 Å². The van der Waals surface area contributed by atoms with Crippen LogP contribution in [0.4, 0.5) is 18.9 Å². The summed E-state index contributed by atoms with van der Waals surface area (Å²) in [5.41, 5.74) is 5.11. The summed E-state index contributed by atoms with van der Waals surface area (Å²) in [6.07, 6.45) is -3.32. The van der Waals surface area contributed by atoms with Gasteiger partial charge in [0, 0.05) is 5.69 Å². The molecule has 3 rings (SSSR count). The lowest BCUT2D eigenvalue weighted by Gasteiger charge is -2.13. The maximum absolute atomic E-state index is 13.0. The highest BCUT2D eigenvalue weighted by Gasteiger charge is 2.35. The monoisotopic (exact) mass is 311 g/mol. The molecule has 0 spiro atoms. The summed E-state index contributed by atoms with van der Waals surface area (Å²) in [6.45, 7) is 0. The molecule has 2 aromatic heterocycles. The van der Waals surface area contributed by atoms with Crippen molar-refractivity contribution >= 4 is 27.2 Å². The Morgan fingerprint density at radius 3 is 2.71 bits per heavy atom. The number of hydrogen-bond acceptors (Lipinski definition) is 5. The van der Waals surface area contributed by atoms with E-state index in [1.54, 1.807) is 11.4 Å². The second-order valence-corrected chi connectivity index (χ2v) is 5.09. The van der Waals surface area contributed by atoms with Crippen LogP contribution < -0.4 is 10.5 Å². The fourth-order valence-corrected chi connectivity index (χ4v) is 2.57. The molecule has 4 nitrogen and oxygen atoms in total. The molecular weight excluding hydrogens is 303 g/mol. The van der Waals surface area contributed by atoms with E-state index in [0.29, 0.717) is 10.2 Å². The minimum atomic E-state index is -4.56. The Labute approximate surface area is 121 Å². The largest absolute Gasteiger partial charge is 0.437 e. The Kier molecular flexibility index (Phi) is 3.17. The number of nitrogens with zero attached hydrogens (tertiary/aromatic N) is 2. The first kappa shape index (κ1) is 13.6. The van der Waals surface area contributed by atoms with Gasteiger partial charge in [-0.25, -0.2) is 9.97 Å². The van der Waals surface area contributed by atoms with Crippen LogP contribution in [0.25, 0.3) is 10.2 Å². The molecule has 108 valence electrons. The van der Waals surface area contributed by atoms with Gasteiger partial charge >= 0.3 is 6.18 Å². The van der Waals surface area contributed by atoms with Crippen LogP contribution in [0.1, 0.15) is 5.56 Å². The molecular formula is C13H8F3N3OS. The number of anilines is 1. The highest BCUT2D eigenvalue weighted by atomic mass is 32.1. The highest BCUT2D eigenvalue weighted by Crippen LogP contribution is 2.40. The van der Waals surface area contributed by atoms with Crippen molar-refractivity contribution < 1.29 is 17.9 Å². The first-order valence-corrected chi connectivity index (χ1v) is 6.66. The molecule has 0 saturated heterocycles. The smallest absolute Gasteiger partial charge is 0.420 e. The zero-order valence-electron chi connectivity index (χ0n) is 10.4. The van der Waals surface area contributed by atoms with E-state index in [4.69, 9.17) is 10.5 Å². The van der Waals surface area contributed by atoms with Crippen molar-refractivity contribution in [1.82, 2.24) is 9.97 Å². The molecule has 2 heterocycles. The third-order valence-corrected chi connectivity index (χ3v) is 3.62. The quantitative estimate of drug-likeness (QED) is 0.724. The first-order chi connectivity index (χ1) is 9.95. The van der Waals surface area contributed by atoms with Gasteiger partial charge in [0.2, 0.25) is 5.88 Å². The maximum atomic E-state index is 13.0. The van der Waals surface area contributed by atoms with Gasteiger partial charge in [0.25, 0.3) is 0 Å². The van der Waals surface area contributed by atoms with Crippen LogP contribution >= 0.6 is 11.3 Å². The maximum Gasteiger partial charge on any atom is 0.420 e. The summed E-state index contributed by atoms with van der Waals surface area (Å²) >= 11 is 1.29. The van der Waals surface area contributed by atoms with Crippen molar-refractivity contribution in [3.8, 4) is 11.6 Å². The number of ether oxygens (including phenoxy) is 1. The molecule has 0 atom stereocenters. The van der Waals surface area contributed by atoms with Crippen LogP contribution in [-0.2, 0) is 6.18 Å². The van der Waals surface area contributed by atoms with E-state index in [0.717, 1.165) is 6.07 Å². The first-order valence-electron chi connectivity index (χ1n) is 5.78. The summed E-state index contributed by atoms with van der Waals surface area (Å²) in [6, 6.07) is 5.10. The van der Waals surface area contributed by atoms with Crippen LogP contribution in [-0.4, -0.2) is 9.97 Å². The number of alkyl halides is 3. The fourth-order valence-electron chi connectivity index (χ4n) is 1.80. The van der Waals surface area contributed by atoms with Crippen molar-refractivity contribution in [3.05, 3.63) is 41.5 Å². The number of halogens is 3. The van der Waals surface area contributed by atoms with E-state index in [9.17, 15) is 13.2 Å². The average molecular weight is 311 g/mol. The van der Waals surface area contributed by atoms with E-state index in [-0.39, 0.29) is 17.3 Å². The number of aromatic nitrogens is 2. The summed E-state index contributed by atoms with van der Waals surface area (Å²) < 4.78 is 45.0. The molecule has 3 aromatic rings. The van der Waals surface area contributed by atoms with Crippen LogP contribution in [0, 0.1) is 0 Å². The number of thiophene rings is 1. The number of rotatable bonds is 2. The molecule has 0 saturated carbocycles. The van der Waals surface area contributed by atoms with Gasteiger partial charge in [-0.2, -0.15) is 13.2 Å². The van der Waals surface area contributed by atoms with Gasteiger partial charge in [0.05, 0.1) is 5.52 Å². The van der Waals surface area contributed by atoms with Crippen molar-refractivity contribution in [1.29, 1.82) is 0 Å².